The van der Waals surface area contributed by atoms with E-state index >= 15 is 0 Å². The van der Waals surface area contributed by atoms with Crippen molar-refractivity contribution in [1.29, 1.82) is 0 Å². The van der Waals surface area contributed by atoms with Crippen LogP contribution in [0, 0.1) is 0 Å². The maximum atomic E-state index is 10.1. The Labute approximate surface area is 101 Å². The molecule has 0 radical (unpaired) electrons. The van der Waals surface area contributed by atoms with Crippen LogP contribution in [0.4, 0.5) is 0 Å². The normalized spacial score (nSPS) is 10.5. The minimum Gasteiger partial charge on any atom is -0.748 e. The summed E-state index contributed by atoms with van der Waals surface area (Å²) >= 11 is 4.77. The Balaban J connectivity index is 0. The molecule has 0 fully saturated rings. The Kier molecular flexibility index (Phi) is 9.55. The zero-order chi connectivity index (χ0) is 8.91. The van der Waals surface area contributed by atoms with E-state index in [1.165, 1.54) is 0 Å². The van der Waals surface area contributed by atoms with Crippen LogP contribution in [0.5, 0.6) is 0 Å². The van der Waals surface area contributed by atoms with Crippen LogP contribution < -0.4 is 29.6 Å². The fraction of sp³-hybridized carbons (Fsp3) is 0.833. The van der Waals surface area contributed by atoms with Gasteiger partial charge in [0.2, 0.25) is 0 Å². The molecule has 0 spiro atoms. The molecule has 0 bridgehead atoms. The third kappa shape index (κ3) is 13.6. The fourth-order valence-electron chi connectivity index (χ4n) is 0.653. The summed E-state index contributed by atoms with van der Waals surface area (Å²) in [5.74, 6) is -0.268. The third-order valence-electron chi connectivity index (χ3n) is 1.17. The second kappa shape index (κ2) is 7.41. The van der Waals surface area contributed by atoms with Crippen molar-refractivity contribution in [1.82, 2.24) is 0 Å². The van der Waals surface area contributed by atoms with Crippen LogP contribution in [0.1, 0.15) is 26.2 Å². The average molecular weight is 218 g/mol. The second-order valence-corrected chi connectivity index (χ2v) is 4.64. The Morgan fingerprint density at radius 3 is 2.25 bits per heavy atom. The van der Waals surface area contributed by atoms with Gasteiger partial charge in [-0.3, -0.25) is 0 Å². The van der Waals surface area contributed by atoms with E-state index in [-0.39, 0.29) is 35.3 Å². The zero-order valence-electron chi connectivity index (χ0n) is 7.37. The van der Waals surface area contributed by atoms with Crippen LogP contribution in [-0.4, -0.2) is 23.6 Å². The predicted octanol–water partition coefficient (Wildman–Crippen LogP) is -1.90. The van der Waals surface area contributed by atoms with Gasteiger partial charge in [0.15, 0.2) is 0 Å². The Bertz CT molecular complexity index is 223. The summed E-state index contributed by atoms with van der Waals surface area (Å²) in [6.07, 6.45) is 1.83. The van der Waals surface area contributed by atoms with Gasteiger partial charge in [-0.25, -0.2) is 8.42 Å². The van der Waals surface area contributed by atoms with Gasteiger partial charge in [-0.05, 0) is 31.1 Å². The van der Waals surface area contributed by atoms with Gasteiger partial charge in [0.05, 0.1) is 10.1 Å². The van der Waals surface area contributed by atoms with Crippen molar-refractivity contribution in [3.63, 3.8) is 0 Å². The SMILES string of the molecule is CC(=S)CCCCS(=O)(=O)[O-].[Na+]. The van der Waals surface area contributed by atoms with Gasteiger partial charge in [-0.1, -0.05) is 12.2 Å². The molecule has 0 saturated carbocycles. The molecule has 6 heteroatoms. The molecule has 0 heterocycles. The zero-order valence-corrected chi connectivity index (χ0v) is 11.0. The van der Waals surface area contributed by atoms with E-state index < -0.39 is 10.1 Å². The smallest absolute Gasteiger partial charge is 0.748 e. The van der Waals surface area contributed by atoms with E-state index in [1.54, 1.807) is 6.92 Å². The van der Waals surface area contributed by atoms with Gasteiger partial charge >= 0.3 is 29.6 Å². The fourth-order valence-corrected chi connectivity index (χ4v) is 1.35. The van der Waals surface area contributed by atoms with E-state index in [0.29, 0.717) is 12.8 Å². The number of rotatable bonds is 5. The van der Waals surface area contributed by atoms with Gasteiger partial charge in [0, 0.05) is 5.75 Å². The summed E-state index contributed by atoms with van der Waals surface area (Å²) in [6.45, 7) is 1.81. The molecule has 0 atom stereocenters. The standard InChI is InChI=1S/C6H12O3S2.Na/c1-6(10)4-2-3-5-11(7,8)9;/h2-5H2,1H3,(H,7,8,9);/q;+1/p-1. The molecule has 0 aromatic carbocycles. The molecule has 0 aromatic heterocycles. The molecule has 0 rings (SSSR count). The van der Waals surface area contributed by atoms with Crippen LogP contribution in [0.2, 0.25) is 0 Å². The summed E-state index contributed by atoms with van der Waals surface area (Å²) in [5, 5.41) is 0. The van der Waals surface area contributed by atoms with Crippen molar-refractivity contribution in [2.24, 2.45) is 0 Å². The minimum atomic E-state index is -4.02. The molecular formula is C6H11NaO3S2. The molecule has 3 nitrogen and oxygen atoms in total. The first-order valence-electron chi connectivity index (χ1n) is 3.35. The predicted molar refractivity (Wildman–Crippen MR) is 46.7 cm³/mol. The van der Waals surface area contributed by atoms with Crippen molar-refractivity contribution in [2.75, 3.05) is 5.75 Å². The van der Waals surface area contributed by atoms with E-state index in [1.807, 2.05) is 0 Å². The van der Waals surface area contributed by atoms with E-state index in [2.05, 4.69) is 0 Å². The Hall–Kier alpha value is 1.000. The first-order valence-corrected chi connectivity index (χ1v) is 5.33. The summed E-state index contributed by atoms with van der Waals surface area (Å²) in [4.78, 5) is 0.855. The topological polar surface area (TPSA) is 57.2 Å². The van der Waals surface area contributed by atoms with Crippen LogP contribution in [0.15, 0.2) is 0 Å². The molecule has 0 saturated heterocycles. The minimum absolute atomic E-state index is 0. The van der Waals surface area contributed by atoms with Crippen molar-refractivity contribution in [3.05, 3.63) is 0 Å². The molecule has 0 aromatic rings. The van der Waals surface area contributed by atoms with Gasteiger partial charge < -0.3 is 4.55 Å². The van der Waals surface area contributed by atoms with E-state index in [9.17, 15) is 13.0 Å². The first-order chi connectivity index (χ1) is 4.92. The van der Waals surface area contributed by atoms with Gasteiger partial charge in [-0.2, -0.15) is 0 Å². The maximum Gasteiger partial charge on any atom is 1.00 e. The van der Waals surface area contributed by atoms with Crippen LogP contribution in [0.3, 0.4) is 0 Å². The summed E-state index contributed by atoms with van der Waals surface area (Å²) in [5.41, 5.74) is 0. The molecule has 0 N–H and O–H groups in total. The van der Waals surface area contributed by atoms with Crippen molar-refractivity contribution < 1.29 is 42.5 Å². The van der Waals surface area contributed by atoms with Gasteiger partial charge in [0.25, 0.3) is 0 Å². The van der Waals surface area contributed by atoms with Crippen molar-refractivity contribution >= 4 is 27.2 Å². The quantitative estimate of drug-likeness (QED) is 0.234. The number of hydrogen-bond acceptors (Lipinski definition) is 4. The molecule has 0 aliphatic carbocycles. The first kappa shape index (κ1) is 15.5. The van der Waals surface area contributed by atoms with Crippen LogP contribution in [-0.2, 0) is 10.1 Å². The summed E-state index contributed by atoms with van der Waals surface area (Å²) in [7, 11) is -4.02. The molecule has 0 unspecified atom stereocenters. The average Bonchev–Trinajstić information content (AvgIpc) is 1.78. The molecule has 0 amide bonds. The molecule has 0 aliphatic heterocycles. The monoisotopic (exact) mass is 218 g/mol. The second-order valence-electron chi connectivity index (χ2n) is 2.42. The number of thiocarbonyl (C=S) groups is 1. The molecule has 0 aliphatic rings. The largest absolute Gasteiger partial charge is 1.00 e. The van der Waals surface area contributed by atoms with E-state index in [4.69, 9.17) is 12.2 Å². The van der Waals surface area contributed by atoms with Crippen LogP contribution >= 0.6 is 12.2 Å². The van der Waals surface area contributed by atoms with Gasteiger partial charge in [0.1, 0.15) is 0 Å². The summed E-state index contributed by atoms with van der Waals surface area (Å²) < 4.78 is 30.3. The molecule has 12 heavy (non-hydrogen) atoms. The number of hydrogen-bond donors (Lipinski definition) is 0. The van der Waals surface area contributed by atoms with Gasteiger partial charge in [-0.15, -0.1) is 0 Å². The van der Waals surface area contributed by atoms with E-state index in [0.717, 1.165) is 11.3 Å². The van der Waals surface area contributed by atoms with Crippen LogP contribution in [0.25, 0.3) is 0 Å². The Morgan fingerprint density at radius 1 is 1.42 bits per heavy atom. The number of unbranched alkanes of at least 4 members (excludes halogenated alkanes) is 1. The van der Waals surface area contributed by atoms with Crippen molar-refractivity contribution in [3.8, 4) is 0 Å². The van der Waals surface area contributed by atoms with Crippen molar-refractivity contribution in [2.45, 2.75) is 26.2 Å². The molecule has 66 valence electrons. The maximum absolute atomic E-state index is 10.1. The third-order valence-corrected chi connectivity index (χ3v) is 2.17. The summed E-state index contributed by atoms with van der Waals surface area (Å²) in [6, 6.07) is 0. The Morgan fingerprint density at radius 2 is 1.92 bits per heavy atom. The molecular weight excluding hydrogens is 207 g/mol.